The molecule has 0 radical (unpaired) electrons. The number of primary amides is 1. The van der Waals surface area contributed by atoms with Gasteiger partial charge in [-0.15, -0.1) is 0 Å². The first kappa shape index (κ1) is 17.9. The summed E-state index contributed by atoms with van der Waals surface area (Å²) in [6.45, 7) is 3.23. The number of nitrogens with zero attached hydrogens (tertiary/aromatic N) is 2. The Morgan fingerprint density at radius 3 is 2.52 bits per heavy atom. The fourth-order valence-electron chi connectivity index (χ4n) is 3.70. The van der Waals surface area contributed by atoms with Crippen LogP contribution in [0.15, 0.2) is 30.3 Å². The third kappa shape index (κ3) is 4.80. The number of nitrogens with two attached hydrogens (primary N) is 1. The maximum absolute atomic E-state index is 12.6. The molecule has 0 aliphatic carbocycles. The molecule has 0 spiro atoms. The van der Waals surface area contributed by atoms with Crippen molar-refractivity contribution in [1.82, 2.24) is 9.80 Å². The highest BCUT2D eigenvalue weighted by molar-refractivity contribution is 5.82. The zero-order valence-electron chi connectivity index (χ0n) is 14.6. The molecule has 3 rings (SSSR count). The van der Waals surface area contributed by atoms with Crippen molar-refractivity contribution in [2.24, 2.45) is 11.7 Å². The highest BCUT2D eigenvalue weighted by Gasteiger charge is 2.31. The molecule has 1 atom stereocenters. The third-order valence-electron chi connectivity index (χ3n) is 5.24. The Hall–Kier alpha value is -1.92. The lowest BCUT2D eigenvalue weighted by Gasteiger charge is -2.36. The van der Waals surface area contributed by atoms with Gasteiger partial charge >= 0.3 is 0 Å². The van der Waals surface area contributed by atoms with Crippen molar-refractivity contribution >= 4 is 11.8 Å². The van der Waals surface area contributed by atoms with E-state index in [9.17, 15) is 9.59 Å². The normalized spacial score (nSPS) is 22.7. The number of amides is 2. The van der Waals surface area contributed by atoms with Crippen LogP contribution >= 0.6 is 0 Å². The molecule has 6 heteroatoms. The number of hydrogen-bond donors (Lipinski definition) is 1. The molecule has 6 nitrogen and oxygen atoms in total. The van der Waals surface area contributed by atoms with Crippen LogP contribution < -0.4 is 5.73 Å². The SMILES string of the molecule is NC(=O)C1COCCN1CC(=O)N1CCC(Cc2ccccc2)CC1. The number of morpholine rings is 1. The topological polar surface area (TPSA) is 75.9 Å². The van der Waals surface area contributed by atoms with E-state index in [-0.39, 0.29) is 19.1 Å². The summed E-state index contributed by atoms with van der Waals surface area (Å²) in [5.41, 5.74) is 6.78. The van der Waals surface area contributed by atoms with Crippen molar-refractivity contribution in [3.8, 4) is 0 Å². The second-order valence-corrected chi connectivity index (χ2v) is 6.98. The molecule has 2 fully saturated rings. The summed E-state index contributed by atoms with van der Waals surface area (Å²) in [6, 6.07) is 10.0. The molecule has 25 heavy (non-hydrogen) atoms. The van der Waals surface area contributed by atoms with Crippen molar-refractivity contribution in [2.45, 2.75) is 25.3 Å². The van der Waals surface area contributed by atoms with E-state index in [1.807, 2.05) is 15.9 Å². The minimum absolute atomic E-state index is 0.0892. The minimum Gasteiger partial charge on any atom is -0.378 e. The van der Waals surface area contributed by atoms with Gasteiger partial charge in [-0.3, -0.25) is 14.5 Å². The smallest absolute Gasteiger partial charge is 0.237 e. The van der Waals surface area contributed by atoms with Crippen LogP contribution in [-0.4, -0.2) is 67.0 Å². The van der Waals surface area contributed by atoms with Gasteiger partial charge in [-0.05, 0) is 30.7 Å². The average molecular weight is 345 g/mol. The lowest BCUT2D eigenvalue weighted by Crippen LogP contribution is -2.55. The molecule has 0 bridgehead atoms. The van der Waals surface area contributed by atoms with E-state index in [0.29, 0.717) is 19.1 Å². The van der Waals surface area contributed by atoms with Gasteiger partial charge < -0.3 is 15.4 Å². The van der Waals surface area contributed by atoms with E-state index in [0.717, 1.165) is 32.4 Å². The Morgan fingerprint density at radius 2 is 1.84 bits per heavy atom. The summed E-state index contributed by atoms with van der Waals surface area (Å²) < 4.78 is 5.30. The van der Waals surface area contributed by atoms with Gasteiger partial charge in [0.05, 0.1) is 19.8 Å². The second kappa shape index (κ2) is 8.45. The van der Waals surface area contributed by atoms with Crippen LogP contribution in [0.2, 0.25) is 0 Å². The van der Waals surface area contributed by atoms with Gasteiger partial charge in [0.15, 0.2) is 0 Å². The number of benzene rings is 1. The van der Waals surface area contributed by atoms with E-state index < -0.39 is 11.9 Å². The molecule has 2 aliphatic rings. The maximum atomic E-state index is 12.6. The van der Waals surface area contributed by atoms with Crippen LogP contribution in [0, 0.1) is 5.92 Å². The predicted octanol–water partition coefficient (Wildman–Crippen LogP) is 0.654. The van der Waals surface area contributed by atoms with Crippen molar-refractivity contribution in [3.63, 3.8) is 0 Å². The zero-order chi connectivity index (χ0) is 17.6. The second-order valence-electron chi connectivity index (χ2n) is 6.98. The molecule has 2 amide bonds. The Bertz CT molecular complexity index is 585. The van der Waals surface area contributed by atoms with Gasteiger partial charge in [0, 0.05) is 19.6 Å². The molecule has 0 saturated carbocycles. The van der Waals surface area contributed by atoms with E-state index in [4.69, 9.17) is 10.5 Å². The monoisotopic (exact) mass is 345 g/mol. The number of ether oxygens (including phenoxy) is 1. The molecule has 2 saturated heterocycles. The first-order chi connectivity index (χ1) is 12.1. The van der Waals surface area contributed by atoms with Gasteiger partial charge in [0.1, 0.15) is 6.04 Å². The molecule has 2 heterocycles. The van der Waals surface area contributed by atoms with Gasteiger partial charge in [-0.1, -0.05) is 30.3 Å². The predicted molar refractivity (Wildman–Crippen MR) is 94.8 cm³/mol. The summed E-state index contributed by atoms with van der Waals surface area (Å²) in [5.74, 6) is 0.300. The highest BCUT2D eigenvalue weighted by Crippen LogP contribution is 2.22. The summed E-state index contributed by atoms with van der Waals surface area (Å²) >= 11 is 0. The Labute approximate surface area is 148 Å². The average Bonchev–Trinajstić information content (AvgIpc) is 2.63. The van der Waals surface area contributed by atoms with Crippen molar-refractivity contribution in [1.29, 1.82) is 0 Å². The molecule has 1 unspecified atom stereocenters. The first-order valence-corrected chi connectivity index (χ1v) is 9.06. The standard InChI is InChI=1S/C19H27N3O3/c20-19(24)17-14-25-11-10-22(17)13-18(23)21-8-6-16(7-9-21)12-15-4-2-1-3-5-15/h1-5,16-17H,6-14H2,(H2,20,24). The summed E-state index contributed by atoms with van der Waals surface area (Å²) in [7, 11) is 0. The fraction of sp³-hybridized carbons (Fsp3) is 0.579. The van der Waals surface area contributed by atoms with Crippen LogP contribution in [0.4, 0.5) is 0 Å². The van der Waals surface area contributed by atoms with Crippen molar-refractivity contribution in [2.75, 3.05) is 39.4 Å². The number of piperidine rings is 1. The number of rotatable bonds is 5. The molecular weight excluding hydrogens is 318 g/mol. The fourth-order valence-corrected chi connectivity index (χ4v) is 3.70. The molecule has 1 aromatic rings. The van der Waals surface area contributed by atoms with Crippen molar-refractivity contribution < 1.29 is 14.3 Å². The summed E-state index contributed by atoms with van der Waals surface area (Å²) in [6.07, 6.45) is 3.14. The van der Waals surface area contributed by atoms with Crippen molar-refractivity contribution in [3.05, 3.63) is 35.9 Å². The Balaban J connectivity index is 1.47. The van der Waals surface area contributed by atoms with Crippen LogP contribution in [0.1, 0.15) is 18.4 Å². The zero-order valence-corrected chi connectivity index (χ0v) is 14.6. The Morgan fingerprint density at radius 1 is 1.12 bits per heavy atom. The lowest BCUT2D eigenvalue weighted by molar-refractivity contribution is -0.139. The lowest BCUT2D eigenvalue weighted by atomic mass is 9.90. The quantitative estimate of drug-likeness (QED) is 0.850. The van der Waals surface area contributed by atoms with Gasteiger partial charge in [0.25, 0.3) is 0 Å². The van der Waals surface area contributed by atoms with Crippen LogP contribution in [0.25, 0.3) is 0 Å². The maximum Gasteiger partial charge on any atom is 0.237 e. The molecule has 0 aromatic heterocycles. The van der Waals surface area contributed by atoms with E-state index in [1.165, 1.54) is 5.56 Å². The van der Waals surface area contributed by atoms with E-state index in [1.54, 1.807) is 0 Å². The molecule has 1 aromatic carbocycles. The van der Waals surface area contributed by atoms with E-state index in [2.05, 4.69) is 24.3 Å². The van der Waals surface area contributed by atoms with Crippen LogP contribution in [0.5, 0.6) is 0 Å². The number of hydrogen-bond acceptors (Lipinski definition) is 4. The molecule has 136 valence electrons. The van der Waals surface area contributed by atoms with Gasteiger partial charge in [-0.2, -0.15) is 0 Å². The third-order valence-corrected chi connectivity index (χ3v) is 5.24. The number of carbonyl (C=O) groups is 2. The highest BCUT2D eigenvalue weighted by atomic mass is 16.5. The minimum atomic E-state index is -0.492. The van der Waals surface area contributed by atoms with Crippen LogP contribution in [0.3, 0.4) is 0 Å². The molecular formula is C19H27N3O3. The molecule has 2 N–H and O–H groups in total. The number of carbonyl (C=O) groups excluding carboxylic acids is 2. The summed E-state index contributed by atoms with van der Waals surface area (Å²) in [4.78, 5) is 27.9. The Kier molecular flexibility index (Phi) is 6.04. The number of likely N-dealkylation sites (tertiary alicyclic amines) is 1. The van der Waals surface area contributed by atoms with Crippen LogP contribution in [-0.2, 0) is 20.7 Å². The van der Waals surface area contributed by atoms with E-state index >= 15 is 0 Å². The largest absolute Gasteiger partial charge is 0.378 e. The first-order valence-electron chi connectivity index (χ1n) is 9.06. The summed E-state index contributed by atoms with van der Waals surface area (Å²) in [5, 5.41) is 0. The molecule has 2 aliphatic heterocycles. The van der Waals surface area contributed by atoms with Gasteiger partial charge in [0.2, 0.25) is 11.8 Å². The van der Waals surface area contributed by atoms with Gasteiger partial charge in [-0.25, -0.2) is 0 Å².